The highest BCUT2D eigenvalue weighted by atomic mass is 32.1. The molecule has 122 valence electrons. The van der Waals surface area contributed by atoms with E-state index in [0.29, 0.717) is 24.5 Å². The van der Waals surface area contributed by atoms with Gasteiger partial charge in [-0.25, -0.2) is 4.98 Å². The van der Waals surface area contributed by atoms with Gasteiger partial charge in [-0.3, -0.25) is 4.79 Å². The van der Waals surface area contributed by atoms with E-state index in [9.17, 15) is 4.79 Å². The van der Waals surface area contributed by atoms with Crippen LogP contribution in [0.3, 0.4) is 0 Å². The number of anilines is 1. The summed E-state index contributed by atoms with van der Waals surface area (Å²) in [6, 6.07) is 6.11. The molecule has 1 aliphatic heterocycles. The number of thiazole rings is 1. The molecule has 0 radical (unpaired) electrons. The molecule has 0 aliphatic carbocycles. The van der Waals surface area contributed by atoms with Crippen molar-refractivity contribution in [2.45, 2.75) is 45.3 Å². The number of rotatable bonds is 5. The molecule has 1 aromatic heterocycles. The maximum atomic E-state index is 11.9. The maximum Gasteiger partial charge on any atom is 0.220 e. The van der Waals surface area contributed by atoms with E-state index >= 15 is 0 Å². The second-order valence-corrected chi connectivity index (χ2v) is 7.32. The smallest absolute Gasteiger partial charge is 0.220 e. The summed E-state index contributed by atoms with van der Waals surface area (Å²) < 4.78 is 5.86. The minimum Gasteiger partial charge on any atom is -0.487 e. The molecule has 0 fully saturated rings. The Morgan fingerprint density at radius 3 is 3.04 bits per heavy atom. The Morgan fingerprint density at radius 1 is 1.48 bits per heavy atom. The summed E-state index contributed by atoms with van der Waals surface area (Å²) in [4.78, 5) is 16.1. The Kier molecular flexibility index (Phi) is 4.26. The fourth-order valence-corrected chi connectivity index (χ4v) is 3.34. The summed E-state index contributed by atoms with van der Waals surface area (Å²) in [5.74, 6) is 0.972. The molecule has 1 aliphatic rings. The summed E-state index contributed by atoms with van der Waals surface area (Å²) in [6.45, 7) is 4.70. The van der Waals surface area contributed by atoms with Gasteiger partial charge in [-0.15, -0.1) is 11.3 Å². The van der Waals surface area contributed by atoms with Gasteiger partial charge in [0.2, 0.25) is 5.91 Å². The van der Waals surface area contributed by atoms with Crippen molar-refractivity contribution in [1.29, 1.82) is 0 Å². The van der Waals surface area contributed by atoms with Crippen LogP contribution in [0.1, 0.15) is 37.1 Å². The highest BCUT2D eigenvalue weighted by Gasteiger charge is 2.29. The molecule has 5 nitrogen and oxygen atoms in total. The molecular formula is C17H21N3O2S. The first-order valence-electron chi connectivity index (χ1n) is 7.69. The molecule has 0 spiro atoms. The number of nitrogens with zero attached hydrogens (tertiary/aromatic N) is 1. The van der Waals surface area contributed by atoms with Gasteiger partial charge in [-0.1, -0.05) is 12.1 Å². The third-order valence-electron chi connectivity index (χ3n) is 3.79. The van der Waals surface area contributed by atoms with Crippen molar-refractivity contribution in [3.05, 3.63) is 40.4 Å². The fraction of sp³-hybridized carbons (Fsp3) is 0.412. The van der Waals surface area contributed by atoms with E-state index in [0.717, 1.165) is 23.4 Å². The van der Waals surface area contributed by atoms with E-state index in [1.165, 1.54) is 16.9 Å². The van der Waals surface area contributed by atoms with Gasteiger partial charge < -0.3 is 15.8 Å². The topological polar surface area (TPSA) is 77.2 Å². The molecular weight excluding hydrogens is 310 g/mol. The van der Waals surface area contributed by atoms with Gasteiger partial charge in [0.25, 0.3) is 0 Å². The number of carbonyl (C=O) groups is 1. The quantitative estimate of drug-likeness (QED) is 0.883. The molecule has 1 aromatic carbocycles. The fourth-order valence-electron chi connectivity index (χ4n) is 2.74. The Hall–Kier alpha value is -2.08. The van der Waals surface area contributed by atoms with Crippen LogP contribution >= 0.6 is 11.3 Å². The zero-order valence-electron chi connectivity index (χ0n) is 13.4. The van der Waals surface area contributed by atoms with Crippen molar-refractivity contribution in [2.75, 3.05) is 5.73 Å². The monoisotopic (exact) mass is 331 g/mol. The van der Waals surface area contributed by atoms with Crippen LogP contribution in [0.4, 0.5) is 5.13 Å². The minimum absolute atomic E-state index is 0.0219. The lowest BCUT2D eigenvalue weighted by atomic mass is 10.0. The summed E-state index contributed by atoms with van der Waals surface area (Å²) in [7, 11) is 0. The minimum atomic E-state index is -0.139. The number of aryl methyl sites for hydroxylation is 1. The SMILES string of the molecule is CC1(C)Cc2cc(CNC(=O)CCc3csc(N)n3)ccc2O1. The largest absolute Gasteiger partial charge is 0.487 e. The van der Waals surface area contributed by atoms with Crippen LogP contribution in [0.2, 0.25) is 0 Å². The zero-order valence-corrected chi connectivity index (χ0v) is 14.2. The van der Waals surface area contributed by atoms with Crippen LogP contribution < -0.4 is 15.8 Å². The predicted octanol–water partition coefficient (Wildman–Crippen LogP) is 2.69. The van der Waals surface area contributed by atoms with Crippen molar-refractivity contribution >= 4 is 22.4 Å². The molecule has 0 unspecified atom stereocenters. The molecule has 3 rings (SSSR count). The standard InChI is InChI=1S/C17H21N3O2S/c1-17(2)8-12-7-11(3-5-14(12)22-17)9-19-15(21)6-4-13-10-23-16(18)20-13/h3,5,7,10H,4,6,8-9H2,1-2H3,(H2,18,20)(H,19,21). The van der Waals surface area contributed by atoms with Crippen LogP contribution in [0, 0.1) is 0 Å². The number of benzene rings is 1. The molecule has 0 saturated heterocycles. The maximum absolute atomic E-state index is 11.9. The van der Waals surface area contributed by atoms with E-state index in [1.54, 1.807) is 0 Å². The number of nitrogen functional groups attached to an aromatic ring is 1. The summed E-state index contributed by atoms with van der Waals surface area (Å²) in [6.07, 6.45) is 1.94. The first-order valence-corrected chi connectivity index (χ1v) is 8.57. The highest BCUT2D eigenvalue weighted by Crippen LogP contribution is 2.35. The number of ether oxygens (including phenoxy) is 1. The van der Waals surface area contributed by atoms with E-state index < -0.39 is 0 Å². The number of hydrogen-bond acceptors (Lipinski definition) is 5. The Bertz CT molecular complexity index is 724. The molecule has 6 heteroatoms. The van der Waals surface area contributed by atoms with E-state index in [-0.39, 0.29) is 11.5 Å². The van der Waals surface area contributed by atoms with Crippen molar-refractivity contribution in [2.24, 2.45) is 0 Å². The van der Waals surface area contributed by atoms with Gasteiger partial charge in [0.05, 0.1) is 5.69 Å². The molecule has 0 atom stereocenters. The van der Waals surface area contributed by atoms with Gasteiger partial charge >= 0.3 is 0 Å². The van der Waals surface area contributed by atoms with Crippen LogP contribution in [-0.4, -0.2) is 16.5 Å². The first-order chi connectivity index (χ1) is 10.9. The van der Waals surface area contributed by atoms with E-state index in [1.807, 2.05) is 17.5 Å². The molecule has 0 bridgehead atoms. The molecule has 3 N–H and O–H groups in total. The second kappa shape index (κ2) is 6.20. The number of nitrogens with two attached hydrogens (primary N) is 1. The van der Waals surface area contributed by atoms with E-state index in [4.69, 9.17) is 10.5 Å². The van der Waals surface area contributed by atoms with E-state index in [2.05, 4.69) is 30.2 Å². The summed E-state index contributed by atoms with van der Waals surface area (Å²) in [5, 5.41) is 5.39. The zero-order chi connectivity index (χ0) is 16.4. The van der Waals surface area contributed by atoms with Gasteiger partial charge in [0.15, 0.2) is 5.13 Å². The third-order valence-corrected chi connectivity index (χ3v) is 4.52. The number of aromatic nitrogens is 1. The molecule has 1 amide bonds. The van der Waals surface area contributed by atoms with Gasteiger partial charge in [0.1, 0.15) is 11.4 Å². The molecule has 2 heterocycles. The summed E-state index contributed by atoms with van der Waals surface area (Å²) in [5.41, 5.74) is 8.62. The number of carbonyl (C=O) groups excluding carboxylic acids is 1. The lowest BCUT2D eigenvalue weighted by molar-refractivity contribution is -0.121. The Morgan fingerprint density at radius 2 is 2.30 bits per heavy atom. The van der Waals surface area contributed by atoms with Crippen molar-refractivity contribution < 1.29 is 9.53 Å². The number of amides is 1. The highest BCUT2D eigenvalue weighted by molar-refractivity contribution is 7.13. The third kappa shape index (κ3) is 4.01. The number of nitrogens with one attached hydrogen (secondary N) is 1. The number of hydrogen-bond donors (Lipinski definition) is 2. The van der Waals surface area contributed by atoms with Crippen molar-refractivity contribution in [3.8, 4) is 5.75 Å². The van der Waals surface area contributed by atoms with Gasteiger partial charge in [0, 0.05) is 24.8 Å². The molecule has 0 saturated carbocycles. The van der Waals surface area contributed by atoms with Gasteiger partial charge in [-0.05, 0) is 37.5 Å². The van der Waals surface area contributed by atoms with Crippen LogP contribution in [0.25, 0.3) is 0 Å². The average Bonchev–Trinajstić information content (AvgIpc) is 3.03. The Labute approximate surface area is 139 Å². The van der Waals surface area contributed by atoms with Crippen LogP contribution in [-0.2, 0) is 24.2 Å². The summed E-state index contributed by atoms with van der Waals surface area (Å²) >= 11 is 1.40. The number of fused-ring (bicyclic) bond motifs is 1. The van der Waals surface area contributed by atoms with Crippen LogP contribution in [0.5, 0.6) is 5.75 Å². The Balaban J connectivity index is 1.50. The normalized spacial score (nSPS) is 15.0. The van der Waals surface area contributed by atoms with Crippen LogP contribution in [0.15, 0.2) is 23.6 Å². The second-order valence-electron chi connectivity index (χ2n) is 6.43. The molecule has 2 aromatic rings. The van der Waals surface area contributed by atoms with Crippen molar-refractivity contribution in [3.63, 3.8) is 0 Å². The average molecular weight is 331 g/mol. The predicted molar refractivity (Wildman–Crippen MR) is 91.5 cm³/mol. The lowest BCUT2D eigenvalue weighted by Crippen LogP contribution is -2.24. The first kappa shape index (κ1) is 15.8. The lowest BCUT2D eigenvalue weighted by Gasteiger charge is -2.16. The van der Waals surface area contributed by atoms with Gasteiger partial charge in [-0.2, -0.15) is 0 Å². The van der Waals surface area contributed by atoms with Crippen molar-refractivity contribution in [1.82, 2.24) is 10.3 Å². The molecule has 23 heavy (non-hydrogen) atoms.